The van der Waals surface area contributed by atoms with Crippen LogP contribution in [-0.4, -0.2) is 44.8 Å². The van der Waals surface area contributed by atoms with E-state index in [1.54, 1.807) is 12.4 Å². The first-order chi connectivity index (χ1) is 20.0. The van der Waals surface area contributed by atoms with Gasteiger partial charge in [0.25, 0.3) is 0 Å². The van der Waals surface area contributed by atoms with E-state index in [0.717, 1.165) is 67.1 Å². The second-order valence-corrected chi connectivity index (χ2v) is 14.5. The van der Waals surface area contributed by atoms with Gasteiger partial charge in [0.15, 0.2) is 5.82 Å². The molecule has 6 aliphatic rings. The number of carbonyl (C=O) groups excluding carboxylic acids is 1. The van der Waals surface area contributed by atoms with E-state index in [0.29, 0.717) is 38.4 Å². The van der Waals surface area contributed by atoms with Crippen LogP contribution in [0.4, 0.5) is 10.1 Å². The molecule has 9 rings (SSSR count). The number of amides is 1. The average Bonchev–Trinajstić information content (AvgIpc) is 3.48. The topological polar surface area (TPSA) is 94.2 Å². The van der Waals surface area contributed by atoms with E-state index in [9.17, 15) is 9.18 Å². The van der Waals surface area contributed by atoms with Gasteiger partial charge in [0, 0.05) is 41.0 Å². The highest BCUT2D eigenvalue weighted by Gasteiger charge is 2.73. The fourth-order valence-electron chi connectivity index (χ4n) is 7.88. The fourth-order valence-corrected chi connectivity index (χ4v) is 7.88. The first kappa shape index (κ1) is 27.5. The van der Waals surface area contributed by atoms with E-state index < -0.39 is 11.1 Å². The minimum absolute atomic E-state index is 0.0134. The summed E-state index contributed by atoms with van der Waals surface area (Å²) in [4.78, 5) is 29.7. The van der Waals surface area contributed by atoms with Crippen LogP contribution in [-0.2, 0) is 15.6 Å². The largest absolute Gasteiger partial charge is 0.464 e. The van der Waals surface area contributed by atoms with Crippen LogP contribution in [0, 0.1) is 10.8 Å². The van der Waals surface area contributed by atoms with Gasteiger partial charge in [-0.15, -0.1) is 0 Å². The number of nitrogens with zero attached hydrogens (tertiary/aromatic N) is 5. The van der Waals surface area contributed by atoms with Crippen molar-refractivity contribution >= 4 is 11.6 Å². The maximum Gasteiger partial charge on any atom is 0.316 e. The number of halogens is 1. The highest BCUT2D eigenvalue weighted by atomic mass is 19.1. The third-order valence-corrected chi connectivity index (χ3v) is 10.5. The Morgan fingerprint density at radius 2 is 1.69 bits per heavy atom. The lowest BCUT2D eigenvalue weighted by Gasteiger charge is -2.65. The van der Waals surface area contributed by atoms with Crippen LogP contribution in [0.2, 0.25) is 0 Å². The van der Waals surface area contributed by atoms with Gasteiger partial charge in [-0.05, 0) is 87.8 Å². The van der Waals surface area contributed by atoms with Crippen LogP contribution >= 0.6 is 0 Å². The molecule has 6 saturated carbocycles. The predicted molar refractivity (Wildman–Crippen MR) is 156 cm³/mol. The summed E-state index contributed by atoms with van der Waals surface area (Å²) >= 11 is 0. The van der Waals surface area contributed by atoms with E-state index in [4.69, 9.17) is 14.2 Å². The number of fused-ring (bicyclic) bond motifs is 3. The second-order valence-electron chi connectivity index (χ2n) is 14.5. The molecule has 222 valence electrons. The molecule has 0 radical (unpaired) electrons. The Hall–Kier alpha value is -3.36. The van der Waals surface area contributed by atoms with Gasteiger partial charge in [-0.2, -0.15) is 4.98 Å². The van der Waals surface area contributed by atoms with Crippen molar-refractivity contribution in [2.75, 3.05) is 18.1 Å². The number of hydrogen-bond acceptors (Lipinski definition) is 7. The Kier molecular flexibility index (Phi) is 6.09. The van der Waals surface area contributed by atoms with Crippen molar-refractivity contribution < 1.29 is 18.4 Å². The molecule has 2 heterocycles. The average molecular weight is 574 g/mol. The summed E-state index contributed by atoms with van der Waals surface area (Å²) in [5, 5.41) is 4.32. The number of aromatic nitrogens is 4. The molecule has 8 nitrogen and oxygen atoms in total. The number of hydrogen-bond donors (Lipinski definition) is 0. The first-order valence-corrected chi connectivity index (χ1v) is 15.4. The van der Waals surface area contributed by atoms with Crippen LogP contribution in [0.15, 0.2) is 41.2 Å². The maximum absolute atomic E-state index is 14.6. The number of benzene rings is 1. The molecule has 0 N–H and O–H groups in total. The summed E-state index contributed by atoms with van der Waals surface area (Å²) in [6.45, 7) is 9.35. The quantitative estimate of drug-likeness (QED) is 0.295. The zero-order valence-corrected chi connectivity index (χ0v) is 25.1. The Morgan fingerprint density at radius 3 is 2.26 bits per heavy atom. The molecular formula is C33H40FN5O3. The third-order valence-electron chi connectivity index (χ3n) is 10.5. The summed E-state index contributed by atoms with van der Waals surface area (Å²) in [7, 11) is 0. The molecule has 6 aliphatic carbocycles. The molecule has 0 aliphatic heterocycles. The smallest absolute Gasteiger partial charge is 0.316 e. The van der Waals surface area contributed by atoms with Gasteiger partial charge in [0.2, 0.25) is 11.8 Å². The minimum atomic E-state index is -1.13. The molecule has 0 saturated heterocycles. The van der Waals surface area contributed by atoms with Gasteiger partial charge >= 0.3 is 6.01 Å². The highest BCUT2D eigenvalue weighted by Crippen LogP contribution is 2.70. The van der Waals surface area contributed by atoms with Crippen molar-refractivity contribution in [1.82, 2.24) is 20.1 Å². The molecule has 3 aromatic rings. The first-order valence-electron chi connectivity index (χ1n) is 15.4. The second kappa shape index (κ2) is 9.32. The fraction of sp³-hybridized carbons (Fsp3) is 0.606. The van der Waals surface area contributed by atoms with Gasteiger partial charge < -0.3 is 14.2 Å². The number of ether oxygens (including phenoxy) is 1. The van der Waals surface area contributed by atoms with E-state index in [-0.39, 0.29) is 22.2 Å². The van der Waals surface area contributed by atoms with Gasteiger partial charge in [-0.3, -0.25) is 4.79 Å². The Bertz CT molecular complexity index is 1470. The molecule has 0 atom stereocenters. The maximum atomic E-state index is 14.6. The monoisotopic (exact) mass is 573 g/mol. The molecule has 6 fully saturated rings. The molecule has 0 unspecified atom stereocenters. The van der Waals surface area contributed by atoms with Crippen molar-refractivity contribution in [2.45, 2.75) is 102 Å². The van der Waals surface area contributed by atoms with Crippen LogP contribution in [0.25, 0.3) is 11.1 Å². The normalized spacial score (nSPS) is 31.3. The molecular weight excluding hydrogens is 533 g/mol. The number of alkyl halides is 1. The lowest BCUT2D eigenvalue weighted by atomic mass is 9.41. The van der Waals surface area contributed by atoms with Crippen molar-refractivity contribution in [3.63, 3.8) is 0 Å². The minimum Gasteiger partial charge on any atom is -0.464 e. The number of rotatable bonds is 8. The van der Waals surface area contributed by atoms with E-state index in [2.05, 4.69) is 35.9 Å². The van der Waals surface area contributed by atoms with Crippen molar-refractivity contribution in [1.29, 1.82) is 0 Å². The van der Waals surface area contributed by atoms with Crippen molar-refractivity contribution in [3.8, 4) is 17.1 Å². The summed E-state index contributed by atoms with van der Waals surface area (Å²) in [5.74, 6) is 1.61. The molecule has 1 aromatic carbocycles. The summed E-state index contributed by atoms with van der Waals surface area (Å²) < 4.78 is 25.8. The van der Waals surface area contributed by atoms with E-state index >= 15 is 0 Å². The standard InChI is InChI=1S/C33H40FN5O3/c1-5-41-28-35-16-23(17-36-28)22-7-6-8-24(15-22)39(27(40)32-18-33(34,19-32)20-32)21-30-9-12-31(13-10-30,14-11-30)26-37-25(38-42-26)29(2,3)4/h6-8,15-17H,5,9-14,18-21H2,1-4H3. The summed E-state index contributed by atoms with van der Waals surface area (Å²) in [5.41, 5.74) is 0.742. The molecule has 9 heteroatoms. The van der Waals surface area contributed by atoms with Crippen LogP contribution in [0.5, 0.6) is 6.01 Å². The van der Waals surface area contributed by atoms with Crippen LogP contribution in [0.3, 0.4) is 0 Å². The zero-order chi connectivity index (χ0) is 29.4. The Morgan fingerprint density at radius 1 is 1.02 bits per heavy atom. The Balaban J connectivity index is 1.15. The SMILES string of the molecule is CCOc1ncc(-c2cccc(N(CC34CCC(c5nc(C(C)(C)C)no5)(CC3)CC4)C(=O)C34CC(F)(C3)C4)c2)cn1. The summed E-state index contributed by atoms with van der Waals surface area (Å²) in [6.07, 6.45) is 10.5. The van der Waals surface area contributed by atoms with Gasteiger partial charge in [-0.25, -0.2) is 14.4 Å². The van der Waals surface area contributed by atoms with Gasteiger partial charge in [-0.1, -0.05) is 38.1 Å². The summed E-state index contributed by atoms with van der Waals surface area (Å²) in [6, 6.07) is 8.39. The van der Waals surface area contributed by atoms with Gasteiger partial charge in [0.05, 0.1) is 12.0 Å². The lowest BCUT2D eigenvalue weighted by molar-refractivity contribution is -0.211. The molecule has 42 heavy (non-hydrogen) atoms. The predicted octanol–water partition coefficient (Wildman–Crippen LogP) is 6.74. The van der Waals surface area contributed by atoms with Crippen LogP contribution < -0.4 is 9.64 Å². The number of carbonyl (C=O) groups is 1. The molecule has 4 bridgehead atoms. The van der Waals surface area contributed by atoms with Crippen LogP contribution in [0.1, 0.15) is 97.2 Å². The highest BCUT2D eigenvalue weighted by molar-refractivity contribution is 6.00. The third kappa shape index (κ3) is 4.42. The zero-order valence-electron chi connectivity index (χ0n) is 25.1. The molecule has 2 aromatic heterocycles. The van der Waals surface area contributed by atoms with Gasteiger partial charge in [0.1, 0.15) is 5.67 Å². The van der Waals surface area contributed by atoms with E-state index in [1.807, 2.05) is 36.1 Å². The van der Waals surface area contributed by atoms with Crippen molar-refractivity contribution in [2.24, 2.45) is 10.8 Å². The molecule has 1 amide bonds. The molecule has 0 spiro atoms. The van der Waals surface area contributed by atoms with E-state index in [1.165, 1.54) is 0 Å². The number of anilines is 1. The Labute approximate surface area is 246 Å². The lowest BCUT2D eigenvalue weighted by Crippen LogP contribution is -2.71. The van der Waals surface area contributed by atoms with Crippen molar-refractivity contribution in [3.05, 3.63) is 48.4 Å².